The predicted molar refractivity (Wildman–Crippen MR) is 93.4 cm³/mol. The lowest BCUT2D eigenvalue weighted by molar-refractivity contribution is -0.122. The third kappa shape index (κ3) is 4.28. The molecule has 0 spiro atoms. The van der Waals surface area contributed by atoms with Crippen LogP contribution in [0.1, 0.15) is 38.2 Å². The Morgan fingerprint density at radius 3 is 2.75 bits per heavy atom. The Kier molecular flexibility index (Phi) is 5.74. The summed E-state index contributed by atoms with van der Waals surface area (Å²) >= 11 is 0. The van der Waals surface area contributed by atoms with Crippen molar-refractivity contribution in [3.8, 4) is 5.75 Å². The molecule has 5 nitrogen and oxygen atoms in total. The maximum atomic E-state index is 12.3. The summed E-state index contributed by atoms with van der Waals surface area (Å²) < 4.78 is 11.3. The summed E-state index contributed by atoms with van der Waals surface area (Å²) in [7, 11) is 0. The van der Waals surface area contributed by atoms with Gasteiger partial charge in [0.05, 0.1) is 12.2 Å². The van der Waals surface area contributed by atoms with E-state index < -0.39 is 0 Å². The minimum atomic E-state index is -0.165. The van der Waals surface area contributed by atoms with Crippen LogP contribution in [0.15, 0.2) is 24.3 Å². The Morgan fingerprint density at radius 1 is 1.21 bits per heavy atom. The Bertz CT molecular complexity index is 553. The van der Waals surface area contributed by atoms with Gasteiger partial charge in [-0.1, -0.05) is 18.2 Å². The van der Waals surface area contributed by atoms with Gasteiger partial charge in [-0.25, -0.2) is 0 Å². The number of amides is 1. The SMILES string of the molecule is CC1CN(CCCCNC(=O)C2COc3ccccc32)CC(C)O1. The fourth-order valence-electron chi connectivity index (χ4n) is 3.64. The maximum absolute atomic E-state index is 12.3. The summed E-state index contributed by atoms with van der Waals surface area (Å²) in [6.07, 6.45) is 2.73. The molecule has 0 saturated carbocycles. The van der Waals surface area contributed by atoms with Crippen LogP contribution in [0.5, 0.6) is 5.75 Å². The standard InChI is InChI=1S/C19H28N2O3/c1-14-11-21(12-15(2)24-14)10-6-5-9-20-19(22)17-13-23-18-8-4-3-7-16(17)18/h3-4,7-8,14-15,17H,5-6,9-13H2,1-2H3,(H,20,22). The first-order chi connectivity index (χ1) is 11.6. The molecule has 5 heteroatoms. The number of carbonyl (C=O) groups is 1. The summed E-state index contributed by atoms with van der Waals surface area (Å²) in [4.78, 5) is 14.8. The second-order valence-electron chi connectivity index (χ2n) is 6.92. The third-order valence-electron chi connectivity index (χ3n) is 4.71. The van der Waals surface area contributed by atoms with Crippen LogP contribution in [0.25, 0.3) is 0 Å². The van der Waals surface area contributed by atoms with E-state index in [4.69, 9.17) is 9.47 Å². The number of carbonyl (C=O) groups excluding carboxylic acids is 1. The summed E-state index contributed by atoms with van der Waals surface area (Å²) in [6.45, 7) is 8.53. The molecule has 3 unspecified atom stereocenters. The number of nitrogens with one attached hydrogen (secondary N) is 1. The van der Waals surface area contributed by atoms with Crippen molar-refractivity contribution in [2.45, 2.75) is 44.8 Å². The molecule has 1 saturated heterocycles. The molecule has 24 heavy (non-hydrogen) atoms. The Balaban J connectivity index is 1.35. The summed E-state index contributed by atoms with van der Waals surface area (Å²) in [5, 5.41) is 3.06. The van der Waals surface area contributed by atoms with Crippen molar-refractivity contribution in [2.75, 3.05) is 32.8 Å². The molecule has 1 aromatic rings. The number of fused-ring (bicyclic) bond motifs is 1. The lowest BCUT2D eigenvalue weighted by Crippen LogP contribution is -2.45. The van der Waals surface area contributed by atoms with Gasteiger partial charge < -0.3 is 14.8 Å². The topological polar surface area (TPSA) is 50.8 Å². The van der Waals surface area contributed by atoms with E-state index in [1.54, 1.807) is 0 Å². The van der Waals surface area contributed by atoms with Crippen molar-refractivity contribution in [2.24, 2.45) is 0 Å². The minimum absolute atomic E-state index is 0.0774. The van der Waals surface area contributed by atoms with Gasteiger partial charge in [0.25, 0.3) is 0 Å². The van der Waals surface area contributed by atoms with Crippen LogP contribution >= 0.6 is 0 Å². The number of benzene rings is 1. The Morgan fingerprint density at radius 2 is 1.96 bits per heavy atom. The number of unbranched alkanes of at least 4 members (excludes halogenated alkanes) is 1. The van der Waals surface area contributed by atoms with E-state index in [1.807, 2.05) is 24.3 Å². The largest absolute Gasteiger partial charge is 0.492 e. The van der Waals surface area contributed by atoms with Gasteiger partial charge in [0.15, 0.2) is 0 Å². The molecular weight excluding hydrogens is 304 g/mol. The van der Waals surface area contributed by atoms with Gasteiger partial charge >= 0.3 is 0 Å². The molecular formula is C19H28N2O3. The van der Waals surface area contributed by atoms with Crippen LogP contribution in [0.2, 0.25) is 0 Å². The molecule has 0 aliphatic carbocycles. The molecule has 3 atom stereocenters. The summed E-state index contributed by atoms with van der Waals surface area (Å²) in [5.74, 6) is 0.754. The molecule has 1 aromatic carbocycles. The monoisotopic (exact) mass is 332 g/mol. The van der Waals surface area contributed by atoms with E-state index in [1.165, 1.54) is 0 Å². The zero-order valence-corrected chi connectivity index (χ0v) is 14.7. The zero-order chi connectivity index (χ0) is 16.9. The Hall–Kier alpha value is -1.59. The minimum Gasteiger partial charge on any atom is -0.492 e. The molecule has 132 valence electrons. The number of morpholine rings is 1. The number of hydrogen-bond acceptors (Lipinski definition) is 4. The van der Waals surface area contributed by atoms with Crippen LogP contribution in [0, 0.1) is 0 Å². The van der Waals surface area contributed by atoms with E-state index >= 15 is 0 Å². The van der Waals surface area contributed by atoms with Gasteiger partial charge in [-0.2, -0.15) is 0 Å². The average Bonchev–Trinajstić information content (AvgIpc) is 2.97. The van der Waals surface area contributed by atoms with E-state index in [0.717, 1.165) is 50.3 Å². The zero-order valence-electron chi connectivity index (χ0n) is 14.7. The van der Waals surface area contributed by atoms with Crippen LogP contribution in [-0.2, 0) is 9.53 Å². The van der Waals surface area contributed by atoms with Crippen molar-refractivity contribution in [3.05, 3.63) is 29.8 Å². The first-order valence-corrected chi connectivity index (χ1v) is 9.00. The molecule has 0 aromatic heterocycles. The molecule has 0 radical (unpaired) electrons. The molecule has 1 amide bonds. The second-order valence-corrected chi connectivity index (χ2v) is 6.92. The lowest BCUT2D eigenvalue weighted by atomic mass is 10.0. The molecule has 0 bridgehead atoms. The molecule has 3 rings (SSSR count). The normalized spacial score (nSPS) is 26.7. The molecule has 2 heterocycles. The van der Waals surface area contributed by atoms with Gasteiger partial charge in [-0.3, -0.25) is 9.69 Å². The second kappa shape index (κ2) is 7.99. The van der Waals surface area contributed by atoms with E-state index in [0.29, 0.717) is 18.8 Å². The number of nitrogens with zero attached hydrogens (tertiary/aromatic N) is 1. The quantitative estimate of drug-likeness (QED) is 0.811. The molecule has 1 N–H and O–H groups in total. The van der Waals surface area contributed by atoms with Gasteiger partial charge in [0, 0.05) is 25.2 Å². The third-order valence-corrected chi connectivity index (χ3v) is 4.71. The van der Waals surface area contributed by atoms with Crippen LogP contribution in [0.3, 0.4) is 0 Å². The van der Waals surface area contributed by atoms with Gasteiger partial charge in [-0.05, 0) is 39.3 Å². The average molecular weight is 332 g/mol. The van der Waals surface area contributed by atoms with Crippen molar-refractivity contribution in [3.63, 3.8) is 0 Å². The first kappa shape index (κ1) is 17.2. The van der Waals surface area contributed by atoms with Crippen molar-refractivity contribution in [1.29, 1.82) is 0 Å². The predicted octanol–water partition coefficient (Wildman–Crippen LogP) is 2.17. The van der Waals surface area contributed by atoms with Gasteiger partial charge in [-0.15, -0.1) is 0 Å². The van der Waals surface area contributed by atoms with Crippen molar-refractivity contribution >= 4 is 5.91 Å². The van der Waals surface area contributed by atoms with Gasteiger partial charge in [0.2, 0.25) is 5.91 Å². The smallest absolute Gasteiger partial charge is 0.231 e. The summed E-state index contributed by atoms with van der Waals surface area (Å²) in [5.41, 5.74) is 1.01. The van der Waals surface area contributed by atoms with E-state index in [-0.39, 0.29) is 11.8 Å². The van der Waals surface area contributed by atoms with E-state index in [9.17, 15) is 4.79 Å². The number of para-hydroxylation sites is 1. The highest BCUT2D eigenvalue weighted by molar-refractivity contribution is 5.85. The van der Waals surface area contributed by atoms with E-state index in [2.05, 4.69) is 24.1 Å². The molecule has 2 aliphatic rings. The molecule has 2 aliphatic heterocycles. The Labute approximate surface area is 144 Å². The van der Waals surface area contributed by atoms with Crippen LogP contribution in [-0.4, -0.2) is 55.8 Å². The van der Waals surface area contributed by atoms with Crippen molar-refractivity contribution in [1.82, 2.24) is 10.2 Å². The molecule has 1 fully saturated rings. The van der Waals surface area contributed by atoms with Gasteiger partial charge in [0.1, 0.15) is 18.3 Å². The number of hydrogen-bond donors (Lipinski definition) is 1. The van der Waals surface area contributed by atoms with Crippen LogP contribution < -0.4 is 10.1 Å². The number of rotatable bonds is 6. The first-order valence-electron chi connectivity index (χ1n) is 9.00. The highest BCUT2D eigenvalue weighted by atomic mass is 16.5. The maximum Gasteiger partial charge on any atom is 0.231 e. The lowest BCUT2D eigenvalue weighted by Gasteiger charge is -2.35. The number of ether oxygens (including phenoxy) is 2. The highest BCUT2D eigenvalue weighted by Crippen LogP contribution is 2.33. The fourth-order valence-corrected chi connectivity index (χ4v) is 3.64. The van der Waals surface area contributed by atoms with Crippen molar-refractivity contribution < 1.29 is 14.3 Å². The highest BCUT2D eigenvalue weighted by Gasteiger charge is 2.29. The fraction of sp³-hybridized carbons (Fsp3) is 0.632. The summed E-state index contributed by atoms with van der Waals surface area (Å²) in [6, 6.07) is 7.80. The van der Waals surface area contributed by atoms with Crippen LogP contribution in [0.4, 0.5) is 0 Å².